The first-order chi connectivity index (χ1) is 12.3. The summed E-state index contributed by atoms with van der Waals surface area (Å²) in [6.07, 6.45) is -0.584. The van der Waals surface area contributed by atoms with Crippen LogP contribution in [0.5, 0.6) is 0 Å². The number of amides is 2. The minimum atomic E-state index is -0.936. The number of carboxylic acids is 1. The zero-order valence-electron chi connectivity index (χ0n) is 15.5. The second-order valence-electron chi connectivity index (χ2n) is 6.89. The summed E-state index contributed by atoms with van der Waals surface area (Å²) in [5, 5.41) is 8.87. The van der Waals surface area contributed by atoms with E-state index in [1.165, 1.54) is 0 Å². The summed E-state index contributed by atoms with van der Waals surface area (Å²) in [7, 11) is 1.76. The minimum absolute atomic E-state index is 0.0547. The second kappa shape index (κ2) is 8.80. The van der Waals surface area contributed by atoms with Gasteiger partial charge in [-0.3, -0.25) is 14.4 Å². The topological polar surface area (TPSA) is 87.2 Å². The Balaban J connectivity index is 1.97. The molecule has 0 saturated carbocycles. The lowest BCUT2D eigenvalue weighted by Gasteiger charge is -2.32. The molecule has 1 saturated heterocycles. The molecule has 0 spiro atoms. The van der Waals surface area contributed by atoms with Crippen LogP contribution in [0.25, 0.3) is 0 Å². The van der Waals surface area contributed by atoms with Crippen LogP contribution in [-0.4, -0.2) is 65.5 Å². The number of carbonyl (C=O) groups is 3. The predicted octanol–water partition coefficient (Wildman–Crippen LogP) is 1.62. The van der Waals surface area contributed by atoms with Crippen LogP contribution in [-0.2, 0) is 20.9 Å². The molecule has 1 atom stereocenters. The summed E-state index contributed by atoms with van der Waals surface area (Å²) >= 11 is 0. The Bertz CT molecular complexity index is 656. The van der Waals surface area contributed by atoms with Gasteiger partial charge in [0.2, 0.25) is 5.91 Å². The average molecular weight is 362 g/mol. The van der Waals surface area contributed by atoms with Crippen molar-refractivity contribution in [1.82, 2.24) is 9.80 Å². The molecule has 26 heavy (non-hydrogen) atoms. The van der Waals surface area contributed by atoms with Crippen LogP contribution in [0.15, 0.2) is 24.3 Å². The molecule has 0 radical (unpaired) electrons. The molecule has 1 aromatic rings. The second-order valence-corrected chi connectivity index (χ2v) is 6.89. The molecule has 1 aromatic carbocycles. The molecule has 1 fully saturated rings. The summed E-state index contributed by atoms with van der Waals surface area (Å²) in [4.78, 5) is 38.7. The molecule has 0 aliphatic carbocycles. The molecule has 1 aliphatic rings. The Morgan fingerprint density at radius 3 is 2.50 bits per heavy atom. The first kappa shape index (κ1) is 19.9. The van der Waals surface area contributed by atoms with E-state index >= 15 is 0 Å². The van der Waals surface area contributed by atoms with E-state index < -0.39 is 12.1 Å². The number of morpholine rings is 1. The number of hydrogen-bond acceptors (Lipinski definition) is 4. The van der Waals surface area contributed by atoms with Crippen molar-refractivity contribution in [3.63, 3.8) is 0 Å². The highest BCUT2D eigenvalue weighted by Crippen LogP contribution is 2.15. The third-order valence-electron chi connectivity index (χ3n) is 4.32. The van der Waals surface area contributed by atoms with E-state index in [0.717, 1.165) is 5.56 Å². The van der Waals surface area contributed by atoms with Gasteiger partial charge in [0, 0.05) is 38.2 Å². The smallest absolute Gasteiger partial charge is 0.306 e. The van der Waals surface area contributed by atoms with Crippen molar-refractivity contribution in [2.45, 2.75) is 32.9 Å². The molecule has 0 bridgehead atoms. The Hall–Kier alpha value is -2.41. The van der Waals surface area contributed by atoms with Crippen molar-refractivity contribution in [3.05, 3.63) is 35.4 Å². The molecule has 7 heteroatoms. The lowest BCUT2D eigenvalue weighted by Crippen LogP contribution is -2.46. The molecular weight excluding hydrogens is 336 g/mol. The van der Waals surface area contributed by atoms with E-state index in [1.54, 1.807) is 29.0 Å². The van der Waals surface area contributed by atoms with Gasteiger partial charge in [-0.05, 0) is 17.7 Å². The first-order valence-corrected chi connectivity index (χ1v) is 8.74. The van der Waals surface area contributed by atoms with Gasteiger partial charge in [-0.2, -0.15) is 0 Å². The standard InChI is InChI=1S/C19H26N2O5/c1-13(2)18(24)20(3)11-14-4-6-15(7-5-14)19(25)21-8-9-26-16(12-21)10-17(22)23/h4-7,13,16H,8-12H2,1-3H3,(H,22,23). The minimum Gasteiger partial charge on any atom is -0.481 e. The van der Waals surface area contributed by atoms with Gasteiger partial charge in [0.25, 0.3) is 5.91 Å². The van der Waals surface area contributed by atoms with E-state index in [2.05, 4.69) is 0 Å². The summed E-state index contributed by atoms with van der Waals surface area (Å²) in [5.41, 5.74) is 1.49. The quantitative estimate of drug-likeness (QED) is 0.831. The van der Waals surface area contributed by atoms with Crippen LogP contribution >= 0.6 is 0 Å². The van der Waals surface area contributed by atoms with Crippen molar-refractivity contribution < 1.29 is 24.2 Å². The molecule has 1 unspecified atom stereocenters. The summed E-state index contributed by atoms with van der Waals surface area (Å²) in [6, 6.07) is 7.17. The van der Waals surface area contributed by atoms with Crippen LogP contribution < -0.4 is 0 Å². The predicted molar refractivity (Wildman–Crippen MR) is 95.7 cm³/mol. The molecule has 2 rings (SSSR count). The summed E-state index contributed by atoms with van der Waals surface area (Å²) < 4.78 is 5.40. The van der Waals surface area contributed by atoms with Crippen LogP contribution in [0.2, 0.25) is 0 Å². The Labute approximate surface area is 153 Å². The van der Waals surface area contributed by atoms with Gasteiger partial charge in [0.05, 0.1) is 19.1 Å². The highest BCUT2D eigenvalue weighted by Gasteiger charge is 2.26. The fraction of sp³-hybridized carbons (Fsp3) is 0.526. The Kier molecular flexibility index (Phi) is 6.74. The largest absolute Gasteiger partial charge is 0.481 e. The third kappa shape index (κ3) is 5.29. The number of aliphatic carboxylic acids is 1. The molecule has 1 heterocycles. The maximum absolute atomic E-state index is 12.6. The maximum Gasteiger partial charge on any atom is 0.306 e. The van der Waals surface area contributed by atoms with E-state index in [-0.39, 0.29) is 30.7 Å². The van der Waals surface area contributed by atoms with Crippen LogP contribution in [0.3, 0.4) is 0 Å². The fourth-order valence-electron chi connectivity index (χ4n) is 2.95. The molecule has 142 valence electrons. The zero-order valence-corrected chi connectivity index (χ0v) is 15.5. The Morgan fingerprint density at radius 2 is 1.92 bits per heavy atom. The molecule has 1 N–H and O–H groups in total. The van der Waals surface area contributed by atoms with Crippen LogP contribution in [0, 0.1) is 5.92 Å². The number of nitrogens with zero attached hydrogens (tertiary/aromatic N) is 2. The summed E-state index contributed by atoms with van der Waals surface area (Å²) in [5.74, 6) is -1.06. The monoisotopic (exact) mass is 362 g/mol. The van der Waals surface area contributed by atoms with Crippen molar-refractivity contribution in [2.24, 2.45) is 5.92 Å². The van der Waals surface area contributed by atoms with Crippen LogP contribution in [0.1, 0.15) is 36.2 Å². The van der Waals surface area contributed by atoms with Crippen molar-refractivity contribution >= 4 is 17.8 Å². The van der Waals surface area contributed by atoms with Gasteiger partial charge < -0.3 is 19.6 Å². The highest BCUT2D eigenvalue weighted by molar-refractivity contribution is 5.94. The van der Waals surface area contributed by atoms with Gasteiger partial charge in [0.15, 0.2) is 0 Å². The van der Waals surface area contributed by atoms with Crippen LogP contribution in [0.4, 0.5) is 0 Å². The number of benzene rings is 1. The fourth-order valence-corrected chi connectivity index (χ4v) is 2.95. The first-order valence-electron chi connectivity index (χ1n) is 8.74. The average Bonchev–Trinajstić information content (AvgIpc) is 2.60. The van der Waals surface area contributed by atoms with E-state index in [0.29, 0.717) is 25.3 Å². The number of rotatable bonds is 6. The van der Waals surface area contributed by atoms with Gasteiger partial charge in [-0.25, -0.2) is 0 Å². The van der Waals surface area contributed by atoms with E-state index in [1.807, 2.05) is 26.0 Å². The number of carbonyl (C=O) groups excluding carboxylic acids is 2. The molecular formula is C19H26N2O5. The molecule has 7 nitrogen and oxygen atoms in total. The number of carboxylic acid groups (broad SMARTS) is 1. The lowest BCUT2D eigenvalue weighted by molar-refractivity contribution is -0.141. The zero-order chi connectivity index (χ0) is 19.3. The van der Waals surface area contributed by atoms with Gasteiger partial charge in [-0.15, -0.1) is 0 Å². The normalized spacial score (nSPS) is 17.2. The van der Waals surface area contributed by atoms with Crippen molar-refractivity contribution in [3.8, 4) is 0 Å². The van der Waals surface area contributed by atoms with Gasteiger partial charge in [0.1, 0.15) is 0 Å². The molecule has 1 aliphatic heterocycles. The van der Waals surface area contributed by atoms with E-state index in [9.17, 15) is 14.4 Å². The Morgan fingerprint density at radius 1 is 1.27 bits per heavy atom. The molecule has 0 aromatic heterocycles. The maximum atomic E-state index is 12.6. The van der Waals surface area contributed by atoms with Crippen molar-refractivity contribution in [2.75, 3.05) is 26.7 Å². The van der Waals surface area contributed by atoms with Crippen molar-refractivity contribution in [1.29, 1.82) is 0 Å². The molecule has 2 amide bonds. The SMILES string of the molecule is CC(C)C(=O)N(C)Cc1ccc(C(=O)N2CCOC(CC(=O)O)C2)cc1. The highest BCUT2D eigenvalue weighted by atomic mass is 16.5. The third-order valence-corrected chi connectivity index (χ3v) is 4.32. The number of ether oxygens (including phenoxy) is 1. The van der Waals surface area contributed by atoms with E-state index in [4.69, 9.17) is 9.84 Å². The van der Waals surface area contributed by atoms with Gasteiger partial charge in [-0.1, -0.05) is 26.0 Å². The lowest BCUT2D eigenvalue weighted by atomic mass is 10.1. The van der Waals surface area contributed by atoms with Gasteiger partial charge >= 0.3 is 5.97 Å². The number of hydrogen-bond donors (Lipinski definition) is 1. The summed E-state index contributed by atoms with van der Waals surface area (Å²) in [6.45, 7) is 5.27.